The lowest BCUT2D eigenvalue weighted by atomic mass is 10.1. The van der Waals surface area contributed by atoms with Crippen LogP contribution in [0.5, 0.6) is 0 Å². The van der Waals surface area contributed by atoms with E-state index in [4.69, 9.17) is 4.42 Å². The quantitative estimate of drug-likeness (QED) is 0.445. The van der Waals surface area contributed by atoms with Crippen molar-refractivity contribution in [2.24, 2.45) is 4.99 Å². The number of carbonyl (C=O) groups is 1. The topological polar surface area (TPSA) is 67.5 Å². The summed E-state index contributed by atoms with van der Waals surface area (Å²) in [4.78, 5) is 21.6. The molecule has 0 unspecified atom stereocenters. The van der Waals surface area contributed by atoms with E-state index in [2.05, 4.69) is 31.2 Å². The Morgan fingerprint density at radius 2 is 1.90 bits per heavy atom. The van der Waals surface area contributed by atoms with E-state index in [1.54, 1.807) is 24.4 Å². The highest BCUT2D eigenvalue weighted by Gasteiger charge is 2.14. The van der Waals surface area contributed by atoms with Gasteiger partial charge in [-0.15, -0.1) is 0 Å². The number of benzene rings is 2. The highest BCUT2D eigenvalue weighted by molar-refractivity contribution is 9.10. The number of nitrogens with zero attached hydrogens (tertiary/aromatic N) is 2. The third-order valence-corrected chi connectivity index (χ3v) is 4.66. The molecular formula is C22H15BrFN3O2. The van der Waals surface area contributed by atoms with Crippen molar-refractivity contribution < 1.29 is 13.6 Å². The van der Waals surface area contributed by atoms with E-state index in [1.807, 2.05) is 25.1 Å². The lowest BCUT2D eigenvalue weighted by Gasteiger charge is -2.07. The Labute approximate surface area is 174 Å². The highest BCUT2D eigenvalue weighted by atomic mass is 79.9. The van der Waals surface area contributed by atoms with E-state index >= 15 is 0 Å². The van der Waals surface area contributed by atoms with Gasteiger partial charge in [-0.1, -0.05) is 22.0 Å². The molecule has 4 rings (SSSR count). The maximum absolute atomic E-state index is 13.2. The van der Waals surface area contributed by atoms with Crippen molar-refractivity contribution in [1.82, 2.24) is 4.98 Å². The summed E-state index contributed by atoms with van der Waals surface area (Å²) in [7, 11) is 0. The van der Waals surface area contributed by atoms with Crippen molar-refractivity contribution in [3.8, 4) is 0 Å². The number of aromatic nitrogens is 1. The molecule has 7 heteroatoms. The van der Waals surface area contributed by atoms with Gasteiger partial charge >= 0.3 is 0 Å². The second kappa shape index (κ2) is 7.97. The molecule has 0 saturated carbocycles. The summed E-state index contributed by atoms with van der Waals surface area (Å²) in [6, 6.07) is 16.4. The summed E-state index contributed by atoms with van der Waals surface area (Å²) < 4.78 is 20.0. The molecule has 0 radical (unpaired) electrons. The first-order chi connectivity index (χ1) is 14.0. The number of aryl methyl sites for hydroxylation is 1. The van der Waals surface area contributed by atoms with Crippen LogP contribution in [0.4, 0.5) is 15.9 Å². The third kappa shape index (κ3) is 4.41. The minimum absolute atomic E-state index is 0.121. The molecule has 5 nitrogen and oxygen atoms in total. The number of nitrogens with one attached hydrogen (secondary N) is 1. The summed E-state index contributed by atoms with van der Waals surface area (Å²) in [6.45, 7) is 1.92. The molecule has 0 atom stereocenters. The van der Waals surface area contributed by atoms with Crippen molar-refractivity contribution in [1.29, 1.82) is 0 Å². The first-order valence-electron chi connectivity index (χ1n) is 8.76. The zero-order chi connectivity index (χ0) is 20.4. The number of anilines is 1. The Morgan fingerprint density at radius 1 is 1.10 bits per heavy atom. The fourth-order valence-corrected chi connectivity index (χ4v) is 3.08. The van der Waals surface area contributed by atoms with Gasteiger partial charge in [0.15, 0.2) is 0 Å². The Bertz CT molecular complexity index is 1270. The van der Waals surface area contributed by atoms with Gasteiger partial charge in [0.25, 0.3) is 5.91 Å². The Kier molecular flexibility index (Phi) is 5.22. The number of hydrogen-bond donors (Lipinski definition) is 1. The van der Waals surface area contributed by atoms with Crippen LogP contribution in [0.25, 0.3) is 11.0 Å². The minimum Gasteiger partial charge on any atom is -0.438 e. The Balaban J connectivity index is 1.83. The molecule has 2 aromatic carbocycles. The molecule has 4 aromatic rings. The molecule has 1 N–H and O–H groups in total. The van der Waals surface area contributed by atoms with Gasteiger partial charge in [-0.05, 0) is 67.1 Å². The maximum atomic E-state index is 13.2. The fourth-order valence-electron chi connectivity index (χ4n) is 2.71. The number of rotatable bonds is 3. The standard InChI is InChI=1S/C22H15BrFN3O2/c1-13-2-9-20(25-12-13)27-21(28)18-11-14-10-15(23)3-8-19(14)29-22(18)26-17-6-4-16(24)5-7-17/h2-12H,1H3,(H,25,27,28). The van der Waals surface area contributed by atoms with E-state index in [0.717, 1.165) is 15.4 Å². The first kappa shape index (κ1) is 19.0. The van der Waals surface area contributed by atoms with Gasteiger partial charge in [0.1, 0.15) is 22.8 Å². The number of fused-ring (bicyclic) bond motifs is 1. The van der Waals surface area contributed by atoms with Crippen LogP contribution >= 0.6 is 15.9 Å². The second-order valence-electron chi connectivity index (χ2n) is 6.41. The van der Waals surface area contributed by atoms with Crippen LogP contribution in [-0.4, -0.2) is 10.9 Å². The smallest absolute Gasteiger partial charge is 0.262 e. The highest BCUT2D eigenvalue weighted by Crippen LogP contribution is 2.20. The average molecular weight is 452 g/mol. The molecule has 0 fully saturated rings. The monoisotopic (exact) mass is 451 g/mol. The molecule has 0 aliphatic carbocycles. The second-order valence-corrected chi connectivity index (χ2v) is 7.33. The molecule has 0 aliphatic rings. The van der Waals surface area contributed by atoms with Crippen molar-refractivity contribution in [2.45, 2.75) is 6.92 Å². The van der Waals surface area contributed by atoms with Crippen LogP contribution in [0, 0.1) is 12.7 Å². The van der Waals surface area contributed by atoms with Crippen LogP contribution in [0.15, 0.2) is 80.7 Å². The Morgan fingerprint density at radius 3 is 2.62 bits per heavy atom. The molecule has 2 heterocycles. The molecule has 0 spiro atoms. The van der Waals surface area contributed by atoms with Crippen molar-refractivity contribution in [3.05, 3.63) is 93.8 Å². The van der Waals surface area contributed by atoms with E-state index in [9.17, 15) is 9.18 Å². The van der Waals surface area contributed by atoms with E-state index in [0.29, 0.717) is 17.1 Å². The van der Waals surface area contributed by atoms with Gasteiger partial charge in [0, 0.05) is 16.1 Å². The lowest BCUT2D eigenvalue weighted by Crippen LogP contribution is -2.22. The summed E-state index contributed by atoms with van der Waals surface area (Å²) in [5, 5.41) is 3.49. The zero-order valence-corrected chi connectivity index (χ0v) is 16.9. The molecule has 1 amide bonds. The number of halogens is 2. The fraction of sp³-hybridized carbons (Fsp3) is 0.0455. The van der Waals surface area contributed by atoms with Crippen LogP contribution < -0.4 is 10.9 Å². The minimum atomic E-state index is -0.409. The molecule has 0 aliphatic heterocycles. The van der Waals surface area contributed by atoms with E-state index in [-0.39, 0.29) is 16.9 Å². The predicted molar refractivity (Wildman–Crippen MR) is 112 cm³/mol. The number of pyridine rings is 1. The van der Waals surface area contributed by atoms with Gasteiger partial charge in [0.2, 0.25) is 5.55 Å². The summed E-state index contributed by atoms with van der Waals surface area (Å²) >= 11 is 3.42. The van der Waals surface area contributed by atoms with Crippen molar-refractivity contribution >= 4 is 44.3 Å². The summed E-state index contributed by atoms with van der Waals surface area (Å²) in [6.07, 6.45) is 1.67. The average Bonchev–Trinajstić information content (AvgIpc) is 2.71. The summed E-state index contributed by atoms with van der Waals surface area (Å²) in [5.74, 6) is -0.358. The largest absolute Gasteiger partial charge is 0.438 e. The van der Waals surface area contributed by atoms with E-state index in [1.165, 1.54) is 24.3 Å². The summed E-state index contributed by atoms with van der Waals surface area (Å²) in [5.41, 5.74) is 2.38. The van der Waals surface area contributed by atoms with E-state index < -0.39 is 5.91 Å². The maximum Gasteiger partial charge on any atom is 0.262 e. The molecule has 0 bridgehead atoms. The molecule has 144 valence electrons. The van der Waals surface area contributed by atoms with Gasteiger partial charge in [-0.3, -0.25) is 4.79 Å². The third-order valence-electron chi connectivity index (χ3n) is 4.16. The molecule has 0 saturated heterocycles. The molecule has 29 heavy (non-hydrogen) atoms. The normalized spacial score (nSPS) is 11.6. The first-order valence-corrected chi connectivity index (χ1v) is 9.55. The number of hydrogen-bond acceptors (Lipinski definition) is 4. The van der Waals surface area contributed by atoms with Gasteiger partial charge in [-0.25, -0.2) is 14.4 Å². The van der Waals surface area contributed by atoms with Crippen molar-refractivity contribution in [3.63, 3.8) is 0 Å². The van der Waals surface area contributed by atoms with Gasteiger partial charge in [-0.2, -0.15) is 0 Å². The molecule has 2 aromatic heterocycles. The van der Waals surface area contributed by atoms with Crippen LogP contribution in [0.3, 0.4) is 0 Å². The van der Waals surface area contributed by atoms with Gasteiger partial charge < -0.3 is 9.73 Å². The van der Waals surface area contributed by atoms with Gasteiger partial charge in [0.05, 0.1) is 5.69 Å². The van der Waals surface area contributed by atoms with Crippen LogP contribution in [0.2, 0.25) is 0 Å². The molecular weight excluding hydrogens is 437 g/mol. The number of carbonyl (C=O) groups excluding carboxylic acids is 1. The van der Waals surface area contributed by atoms with Crippen molar-refractivity contribution in [2.75, 3.05) is 5.32 Å². The zero-order valence-electron chi connectivity index (χ0n) is 15.3. The lowest BCUT2D eigenvalue weighted by molar-refractivity contribution is 0.102. The predicted octanol–water partition coefficient (Wildman–Crippen LogP) is 5.52. The SMILES string of the molecule is Cc1ccc(NC(=O)c2cc3cc(Br)ccc3oc2=Nc2ccc(F)cc2)nc1. The Hall–Kier alpha value is -3.32. The van der Waals surface area contributed by atoms with Crippen LogP contribution in [-0.2, 0) is 0 Å². The van der Waals surface area contributed by atoms with Crippen LogP contribution in [0.1, 0.15) is 15.9 Å². The number of amides is 1.